The molecule has 0 aliphatic heterocycles. The van der Waals surface area contributed by atoms with Gasteiger partial charge in [-0.3, -0.25) is 14.2 Å². The van der Waals surface area contributed by atoms with Crippen LogP contribution in [0.3, 0.4) is 0 Å². The van der Waals surface area contributed by atoms with Crippen molar-refractivity contribution >= 4 is 40.7 Å². The number of hydrogen-bond acceptors (Lipinski definition) is 6. The largest absolute Gasteiger partial charge is 0.484 e. The van der Waals surface area contributed by atoms with Gasteiger partial charge >= 0.3 is 0 Å². The third-order valence-electron chi connectivity index (χ3n) is 5.05. The zero-order chi connectivity index (χ0) is 22.7. The summed E-state index contributed by atoms with van der Waals surface area (Å²) in [6.07, 6.45) is 2.10. The number of carbonyl (C=O) groups is 2. The fourth-order valence-electron chi connectivity index (χ4n) is 3.13. The first kappa shape index (κ1) is 22.4. The highest BCUT2D eigenvalue weighted by molar-refractivity contribution is 8.00. The Hall–Kier alpha value is -2.84. The summed E-state index contributed by atoms with van der Waals surface area (Å²) in [4.78, 5) is 24.1. The van der Waals surface area contributed by atoms with Crippen molar-refractivity contribution in [2.75, 3.05) is 5.32 Å². The number of nitrogens with one attached hydrogen (secondary N) is 1. The van der Waals surface area contributed by atoms with E-state index in [9.17, 15) is 9.59 Å². The molecule has 1 amide bonds. The van der Waals surface area contributed by atoms with E-state index in [0.29, 0.717) is 39.0 Å². The molecule has 2 aromatic carbocycles. The monoisotopic (exact) mass is 470 g/mol. The molecule has 9 heteroatoms. The molecule has 0 radical (unpaired) electrons. The Morgan fingerprint density at radius 1 is 1.19 bits per heavy atom. The number of ketones is 1. The zero-order valence-electron chi connectivity index (χ0n) is 17.7. The molecule has 1 saturated carbocycles. The summed E-state index contributed by atoms with van der Waals surface area (Å²) in [5.41, 5.74) is 1.25. The Kier molecular flexibility index (Phi) is 6.81. The average Bonchev–Trinajstić information content (AvgIpc) is 3.54. The summed E-state index contributed by atoms with van der Waals surface area (Å²) in [5.74, 6) is 1.14. The van der Waals surface area contributed by atoms with Gasteiger partial charge in [-0.1, -0.05) is 35.5 Å². The molecule has 7 nitrogen and oxygen atoms in total. The van der Waals surface area contributed by atoms with Crippen molar-refractivity contribution in [1.82, 2.24) is 14.8 Å². The van der Waals surface area contributed by atoms with Crippen LogP contribution in [0.2, 0.25) is 5.02 Å². The number of aromatic nitrogens is 3. The SMILES string of the molecule is CC(=O)c1ccc(NC(=O)[C@@H](C)Sc2nnc(COc3ccccc3Cl)n2C2CC2)cc1. The number of Topliss-reactive ketones (excluding diaryl/α,β-unsaturated/α-hetero) is 1. The van der Waals surface area contributed by atoms with E-state index in [4.69, 9.17) is 16.3 Å². The van der Waals surface area contributed by atoms with E-state index in [1.165, 1.54) is 18.7 Å². The Labute approximate surface area is 195 Å². The summed E-state index contributed by atoms with van der Waals surface area (Å²) < 4.78 is 7.91. The number of halogens is 1. The third-order valence-corrected chi connectivity index (χ3v) is 6.42. The van der Waals surface area contributed by atoms with Gasteiger partial charge in [-0.25, -0.2) is 0 Å². The normalized spacial score (nSPS) is 14.1. The van der Waals surface area contributed by atoms with Gasteiger partial charge in [-0.15, -0.1) is 10.2 Å². The predicted octanol–water partition coefficient (Wildman–Crippen LogP) is 5.17. The molecule has 0 bridgehead atoms. The number of benzene rings is 2. The van der Waals surface area contributed by atoms with Crippen LogP contribution < -0.4 is 10.1 Å². The minimum atomic E-state index is -0.387. The molecule has 1 aliphatic carbocycles. The fourth-order valence-corrected chi connectivity index (χ4v) is 4.26. The molecule has 1 aromatic heterocycles. The van der Waals surface area contributed by atoms with Crippen LogP contribution in [-0.2, 0) is 11.4 Å². The van der Waals surface area contributed by atoms with Gasteiger partial charge in [0.25, 0.3) is 0 Å². The highest BCUT2D eigenvalue weighted by Crippen LogP contribution is 2.40. The number of amides is 1. The van der Waals surface area contributed by atoms with Crippen LogP contribution in [0.1, 0.15) is 48.9 Å². The minimum absolute atomic E-state index is 0.0134. The van der Waals surface area contributed by atoms with Crippen molar-refractivity contribution in [3.8, 4) is 5.75 Å². The van der Waals surface area contributed by atoms with Gasteiger partial charge in [0.05, 0.1) is 10.3 Å². The first-order chi connectivity index (χ1) is 15.4. The highest BCUT2D eigenvalue weighted by Gasteiger charge is 2.31. The number of anilines is 1. The van der Waals surface area contributed by atoms with E-state index in [1.54, 1.807) is 30.3 Å². The summed E-state index contributed by atoms with van der Waals surface area (Å²) >= 11 is 7.53. The summed E-state index contributed by atoms with van der Waals surface area (Å²) in [5, 5.41) is 12.4. The molecule has 1 fully saturated rings. The Bertz CT molecular complexity index is 1130. The van der Waals surface area contributed by atoms with Gasteiger partial charge in [0, 0.05) is 17.3 Å². The fraction of sp³-hybridized carbons (Fsp3) is 0.304. The van der Waals surface area contributed by atoms with Crippen LogP contribution in [0.5, 0.6) is 5.75 Å². The van der Waals surface area contributed by atoms with Gasteiger partial charge < -0.3 is 10.1 Å². The molecular weight excluding hydrogens is 448 g/mol. The summed E-state index contributed by atoms with van der Waals surface area (Å²) in [7, 11) is 0. The van der Waals surface area contributed by atoms with E-state index >= 15 is 0 Å². The molecule has 1 aliphatic rings. The standard InChI is InChI=1S/C23H23ClN4O3S/c1-14(29)16-7-9-17(10-8-16)25-22(30)15(2)32-23-27-26-21(28(23)18-11-12-18)13-31-20-6-4-3-5-19(20)24/h3-10,15,18H,11-13H2,1-2H3,(H,25,30)/t15-/m1/s1. The smallest absolute Gasteiger partial charge is 0.237 e. The third kappa shape index (κ3) is 5.31. The number of hydrogen-bond donors (Lipinski definition) is 1. The maximum Gasteiger partial charge on any atom is 0.237 e. The number of rotatable bonds is 9. The summed E-state index contributed by atoms with van der Waals surface area (Å²) in [6, 6.07) is 14.5. The molecular formula is C23H23ClN4O3S. The van der Waals surface area contributed by atoms with E-state index in [0.717, 1.165) is 12.8 Å². The summed E-state index contributed by atoms with van der Waals surface area (Å²) in [6.45, 7) is 3.59. The van der Waals surface area contributed by atoms with Crippen LogP contribution in [-0.4, -0.2) is 31.7 Å². The number of carbonyl (C=O) groups excluding carboxylic acids is 2. The average molecular weight is 471 g/mol. The van der Waals surface area contributed by atoms with Crippen LogP contribution in [0.15, 0.2) is 53.7 Å². The van der Waals surface area contributed by atoms with E-state index in [2.05, 4.69) is 20.1 Å². The molecule has 3 aromatic rings. The first-order valence-corrected chi connectivity index (χ1v) is 11.6. The molecule has 4 rings (SSSR count). The maximum atomic E-state index is 12.7. The van der Waals surface area contributed by atoms with Crippen LogP contribution in [0.4, 0.5) is 5.69 Å². The molecule has 32 heavy (non-hydrogen) atoms. The van der Waals surface area contributed by atoms with Gasteiger partial charge in [0.1, 0.15) is 12.4 Å². The van der Waals surface area contributed by atoms with Crippen molar-refractivity contribution in [3.05, 3.63) is 64.9 Å². The number of nitrogens with zero attached hydrogens (tertiary/aromatic N) is 3. The lowest BCUT2D eigenvalue weighted by Crippen LogP contribution is -2.23. The van der Waals surface area contributed by atoms with Gasteiger partial charge in [-0.05, 0) is 63.1 Å². The van der Waals surface area contributed by atoms with Crippen LogP contribution in [0, 0.1) is 0 Å². The number of para-hydroxylation sites is 1. The van der Waals surface area contributed by atoms with E-state index < -0.39 is 0 Å². The van der Waals surface area contributed by atoms with Crippen molar-refractivity contribution < 1.29 is 14.3 Å². The van der Waals surface area contributed by atoms with Gasteiger partial charge in [-0.2, -0.15) is 0 Å². The maximum absolute atomic E-state index is 12.7. The van der Waals surface area contributed by atoms with E-state index in [-0.39, 0.29) is 23.5 Å². The predicted molar refractivity (Wildman–Crippen MR) is 124 cm³/mol. The number of thioether (sulfide) groups is 1. The lowest BCUT2D eigenvalue weighted by molar-refractivity contribution is -0.115. The molecule has 0 spiro atoms. The molecule has 1 N–H and O–H groups in total. The lowest BCUT2D eigenvalue weighted by atomic mass is 10.1. The quantitative estimate of drug-likeness (QED) is 0.343. The van der Waals surface area contributed by atoms with Gasteiger partial charge in [0.2, 0.25) is 5.91 Å². The Morgan fingerprint density at radius 2 is 1.91 bits per heavy atom. The van der Waals surface area contributed by atoms with Crippen molar-refractivity contribution in [1.29, 1.82) is 0 Å². The first-order valence-electron chi connectivity index (χ1n) is 10.3. The van der Waals surface area contributed by atoms with E-state index in [1.807, 2.05) is 25.1 Å². The van der Waals surface area contributed by atoms with Crippen molar-refractivity contribution in [3.63, 3.8) is 0 Å². The zero-order valence-corrected chi connectivity index (χ0v) is 19.3. The van der Waals surface area contributed by atoms with Gasteiger partial charge in [0.15, 0.2) is 16.8 Å². The molecule has 166 valence electrons. The Balaban J connectivity index is 1.41. The second kappa shape index (κ2) is 9.75. The molecule has 1 heterocycles. The topological polar surface area (TPSA) is 86.1 Å². The molecule has 0 saturated heterocycles. The molecule has 1 atom stereocenters. The van der Waals surface area contributed by atoms with Crippen LogP contribution >= 0.6 is 23.4 Å². The lowest BCUT2D eigenvalue weighted by Gasteiger charge is -2.14. The second-order valence-corrected chi connectivity index (χ2v) is 9.32. The molecule has 0 unspecified atom stereocenters. The van der Waals surface area contributed by atoms with Crippen molar-refractivity contribution in [2.24, 2.45) is 0 Å². The van der Waals surface area contributed by atoms with Crippen LogP contribution in [0.25, 0.3) is 0 Å². The minimum Gasteiger partial charge on any atom is -0.484 e. The second-order valence-electron chi connectivity index (χ2n) is 7.60. The number of ether oxygens (including phenoxy) is 1. The highest BCUT2D eigenvalue weighted by atomic mass is 35.5. The van der Waals surface area contributed by atoms with Crippen molar-refractivity contribution in [2.45, 2.75) is 49.7 Å². The Morgan fingerprint density at radius 3 is 2.56 bits per heavy atom.